The number of hydrogen-bond acceptors (Lipinski definition) is 6. The van der Waals surface area contributed by atoms with Gasteiger partial charge in [0.15, 0.2) is 0 Å². The molecule has 7 heteroatoms. The summed E-state index contributed by atoms with van der Waals surface area (Å²) in [7, 11) is 1.63. The lowest BCUT2D eigenvalue weighted by Crippen LogP contribution is -2.48. The van der Waals surface area contributed by atoms with Crippen molar-refractivity contribution in [3.8, 4) is 11.5 Å². The molecule has 2 aromatic heterocycles. The number of piperazine rings is 1. The quantitative estimate of drug-likeness (QED) is 0.599. The maximum atomic E-state index is 13.8. The zero-order chi connectivity index (χ0) is 23.4. The van der Waals surface area contributed by atoms with Gasteiger partial charge < -0.3 is 19.3 Å². The Morgan fingerprint density at radius 1 is 1.06 bits per heavy atom. The first-order valence-corrected chi connectivity index (χ1v) is 11.4. The van der Waals surface area contributed by atoms with Crippen molar-refractivity contribution in [3.63, 3.8) is 0 Å². The number of aromatic nitrogens is 2. The van der Waals surface area contributed by atoms with Gasteiger partial charge in [-0.3, -0.25) is 14.7 Å². The lowest BCUT2D eigenvalue weighted by atomic mass is 9.96. The van der Waals surface area contributed by atoms with Gasteiger partial charge in [0.05, 0.1) is 25.3 Å². The van der Waals surface area contributed by atoms with Crippen LogP contribution in [0.3, 0.4) is 0 Å². The molecule has 0 amide bonds. The van der Waals surface area contributed by atoms with E-state index in [2.05, 4.69) is 21.7 Å². The molecule has 174 valence electrons. The highest BCUT2D eigenvalue weighted by Gasteiger charge is 2.31. The minimum Gasteiger partial charge on any atom is -0.507 e. The van der Waals surface area contributed by atoms with Gasteiger partial charge in [0.25, 0.3) is 5.56 Å². The SMILES string of the molecule is CCN1CCN(C(c2ccncc2)c2c(O)cc(C)n(Cc3ccc(OC)cc3)c2=O)CC1. The summed E-state index contributed by atoms with van der Waals surface area (Å²) in [6, 6.07) is 12.9. The Kier molecular flexibility index (Phi) is 7.11. The van der Waals surface area contributed by atoms with Crippen LogP contribution in [0.15, 0.2) is 59.7 Å². The van der Waals surface area contributed by atoms with Crippen LogP contribution in [0.25, 0.3) is 0 Å². The Labute approximate surface area is 194 Å². The van der Waals surface area contributed by atoms with Gasteiger partial charge in [-0.15, -0.1) is 0 Å². The van der Waals surface area contributed by atoms with Crippen molar-refractivity contribution in [3.05, 3.63) is 87.6 Å². The minimum atomic E-state index is -0.331. The van der Waals surface area contributed by atoms with E-state index in [1.54, 1.807) is 30.1 Å². The topological polar surface area (TPSA) is 70.8 Å². The lowest BCUT2D eigenvalue weighted by Gasteiger charge is -2.39. The van der Waals surface area contributed by atoms with E-state index in [1.807, 2.05) is 43.3 Å². The van der Waals surface area contributed by atoms with Crippen LogP contribution in [0.5, 0.6) is 11.5 Å². The fraction of sp³-hybridized carbons (Fsp3) is 0.385. The number of benzene rings is 1. The van der Waals surface area contributed by atoms with Crippen LogP contribution in [-0.4, -0.2) is 64.3 Å². The number of aryl methyl sites for hydroxylation is 1. The van der Waals surface area contributed by atoms with E-state index < -0.39 is 0 Å². The first-order valence-electron chi connectivity index (χ1n) is 11.4. The van der Waals surface area contributed by atoms with Crippen molar-refractivity contribution in [2.24, 2.45) is 0 Å². The predicted molar refractivity (Wildman–Crippen MR) is 129 cm³/mol. The van der Waals surface area contributed by atoms with Crippen molar-refractivity contribution < 1.29 is 9.84 Å². The third kappa shape index (κ3) is 4.94. The third-order valence-electron chi connectivity index (χ3n) is 6.54. The molecule has 1 fully saturated rings. The maximum Gasteiger partial charge on any atom is 0.259 e. The molecule has 0 radical (unpaired) electrons. The molecule has 3 aromatic rings. The molecule has 1 saturated heterocycles. The molecule has 0 bridgehead atoms. The fourth-order valence-corrected chi connectivity index (χ4v) is 4.58. The average Bonchev–Trinajstić information content (AvgIpc) is 2.85. The van der Waals surface area contributed by atoms with Crippen LogP contribution in [0.4, 0.5) is 0 Å². The molecule has 0 saturated carbocycles. The first-order chi connectivity index (χ1) is 16.0. The Morgan fingerprint density at radius 2 is 1.73 bits per heavy atom. The summed E-state index contributed by atoms with van der Waals surface area (Å²) >= 11 is 0. The van der Waals surface area contributed by atoms with E-state index in [4.69, 9.17) is 4.74 Å². The molecule has 1 aliphatic heterocycles. The predicted octanol–water partition coefficient (Wildman–Crippen LogP) is 3.04. The summed E-state index contributed by atoms with van der Waals surface area (Å²) in [6.07, 6.45) is 3.48. The van der Waals surface area contributed by atoms with Crippen molar-refractivity contribution in [1.82, 2.24) is 19.4 Å². The van der Waals surface area contributed by atoms with Crippen LogP contribution in [0.2, 0.25) is 0 Å². The van der Waals surface area contributed by atoms with E-state index in [9.17, 15) is 9.90 Å². The van der Waals surface area contributed by atoms with Crippen LogP contribution >= 0.6 is 0 Å². The third-order valence-corrected chi connectivity index (χ3v) is 6.54. The van der Waals surface area contributed by atoms with Gasteiger partial charge in [0.1, 0.15) is 11.5 Å². The normalized spacial score (nSPS) is 16.0. The van der Waals surface area contributed by atoms with Gasteiger partial charge in [0.2, 0.25) is 0 Å². The molecule has 1 atom stereocenters. The van der Waals surface area contributed by atoms with Gasteiger partial charge in [-0.2, -0.15) is 0 Å². The van der Waals surface area contributed by atoms with Crippen molar-refractivity contribution in [2.75, 3.05) is 39.8 Å². The van der Waals surface area contributed by atoms with Gasteiger partial charge in [-0.25, -0.2) is 0 Å². The molecule has 4 rings (SSSR count). The Balaban J connectivity index is 1.76. The van der Waals surface area contributed by atoms with Crippen molar-refractivity contribution in [1.29, 1.82) is 0 Å². The summed E-state index contributed by atoms with van der Waals surface area (Å²) in [6.45, 7) is 8.98. The highest BCUT2D eigenvalue weighted by atomic mass is 16.5. The summed E-state index contributed by atoms with van der Waals surface area (Å²) in [5, 5.41) is 11.0. The first kappa shape index (κ1) is 23.0. The van der Waals surface area contributed by atoms with E-state index in [0.717, 1.165) is 55.3 Å². The van der Waals surface area contributed by atoms with Crippen LogP contribution in [0.1, 0.15) is 35.3 Å². The highest BCUT2D eigenvalue weighted by molar-refractivity contribution is 5.41. The number of nitrogens with zero attached hydrogens (tertiary/aromatic N) is 4. The Morgan fingerprint density at radius 3 is 2.33 bits per heavy atom. The lowest BCUT2D eigenvalue weighted by molar-refractivity contribution is 0.111. The van der Waals surface area contributed by atoms with Crippen molar-refractivity contribution in [2.45, 2.75) is 26.4 Å². The molecule has 7 nitrogen and oxygen atoms in total. The number of aromatic hydroxyl groups is 1. The molecule has 3 heterocycles. The summed E-state index contributed by atoms with van der Waals surface area (Å²) < 4.78 is 6.99. The van der Waals surface area contributed by atoms with E-state index in [-0.39, 0.29) is 17.4 Å². The molecule has 33 heavy (non-hydrogen) atoms. The number of pyridine rings is 2. The molecular weight excluding hydrogens is 416 g/mol. The zero-order valence-corrected chi connectivity index (χ0v) is 19.6. The monoisotopic (exact) mass is 448 g/mol. The Hall–Kier alpha value is -3.16. The smallest absolute Gasteiger partial charge is 0.259 e. The minimum absolute atomic E-state index is 0.0446. The molecule has 1 aliphatic rings. The second kappa shape index (κ2) is 10.2. The Bertz CT molecular complexity index is 1120. The maximum absolute atomic E-state index is 13.8. The van der Waals surface area contributed by atoms with Gasteiger partial charge in [-0.1, -0.05) is 19.1 Å². The van der Waals surface area contributed by atoms with E-state index in [1.165, 1.54) is 0 Å². The average molecular weight is 449 g/mol. The van der Waals surface area contributed by atoms with Crippen LogP contribution < -0.4 is 10.3 Å². The molecule has 1 unspecified atom stereocenters. The molecule has 1 aromatic carbocycles. The van der Waals surface area contributed by atoms with E-state index >= 15 is 0 Å². The van der Waals surface area contributed by atoms with Crippen molar-refractivity contribution >= 4 is 0 Å². The number of ether oxygens (including phenoxy) is 1. The standard InChI is InChI=1S/C26H32N4O3/c1-4-28-13-15-29(16-14-28)25(21-9-11-27-12-10-21)24-23(31)17-19(2)30(26(24)32)18-20-5-7-22(33-3)8-6-20/h5-12,17,25,31H,4,13-16,18H2,1-3H3. The number of likely N-dealkylation sites (N-methyl/N-ethyl adjacent to an activating group) is 1. The second-order valence-electron chi connectivity index (χ2n) is 8.48. The zero-order valence-electron chi connectivity index (χ0n) is 19.6. The molecule has 0 spiro atoms. The highest BCUT2D eigenvalue weighted by Crippen LogP contribution is 2.33. The van der Waals surface area contributed by atoms with Gasteiger partial charge in [0, 0.05) is 44.3 Å². The molecule has 0 aliphatic carbocycles. The van der Waals surface area contributed by atoms with Gasteiger partial charge >= 0.3 is 0 Å². The summed E-state index contributed by atoms with van der Waals surface area (Å²) in [5.41, 5.74) is 2.94. The number of methoxy groups -OCH3 is 1. The van der Waals surface area contributed by atoms with Crippen LogP contribution in [0, 0.1) is 6.92 Å². The summed E-state index contributed by atoms with van der Waals surface area (Å²) in [4.78, 5) is 22.7. The fourth-order valence-electron chi connectivity index (χ4n) is 4.58. The molecule has 1 N–H and O–H groups in total. The number of hydrogen-bond donors (Lipinski definition) is 1. The van der Waals surface area contributed by atoms with E-state index in [0.29, 0.717) is 12.1 Å². The number of rotatable bonds is 7. The van der Waals surface area contributed by atoms with Crippen LogP contribution in [-0.2, 0) is 6.54 Å². The van der Waals surface area contributed by atoms with Gasteiger partial charge in [-0.05, 0) is 54.9 Å². The summed E-state index contributed by atoms with van der Waals surface area (Å²) in [5.74, 6) is 0.821. The molecular formula is C26H32N4O3. The largest absolute Gasteiger partial charge is 0.507 e. The second-order valence-corrected chi connectivity index (χ2v) is 8.48.